The zero-order valence-corrected chi connectivity index (χ0v) is 8.30. The Morgan fingerprint density at radius 3 is 2.41 bits per heavy atom. The van der Waals surface area contributed by atoms with Gasteiger partial charge in [-0.05, 0) is 24.3 Å². The fourth-order valence-electron chi connectivity index (χ4n) is 1.19. The highest BCUT2D eigenvalue weighted by molar-refractivity contribution is 5.59. The number of nitrogens with zero attached hydrogens (tertiary/aromatic N) is 1. The van der Waals surface area contributed by atoms with Gasteiger partial charge in [0.2, 0.25) is 5.82 Å². The molecule has 0 radical (unpaired) electrons. The summed E-state index contributed by atoms with van der Waals surface area (Å²) in [5.74, 6) is -2.99. The van der Waals surface area contributed by atoms with Crippen LogP contribution in [0.15, 0.2) is 29.1 Å². The van der Waals surface area contributed by atoms with Gasteiger partial charge in [0.1, 0.15) is 11.5 Å². The molecule has 17 heavy (non-hydrogen) atoms. The van der Waals surface area contributed by atoms with Crippen molar-refractivity contribution in [3.8, 4) is 0 Å². The van der Waals surface area contributed by atoms with Gasteiger partial charge in [-0.3, -0.25) is 4.79 Å². The molecule has 0 aliphatic heterocycles. The molecule has 0 bridgehead atoms. The Kier molecular flexibility index (Phi) is 2.82. The molecule has 0 spiro atoms. The molecule has 1 heterocycles. The molecular formula is C10H6F3N3O. The molecule has 0 saturated carbocycles. The molecule has 0 amide bonds. The van der Waals surface area contributed by atoms with Crippen molar-refractivity contribution in [2.75, 3.05) is 5.32 Å². The van der Waals surface area contributed by atoms with Crippen LogP contribution >= 0.6 is 0 Å². The number of aromatic amines is 1. The molecular weight excluding hydrogens is 235 g/mol. The van der Waals surface area contributed by atoms with Gasteiger partial charge in [0.25, 0.3) is 5.95 Å². The lowest BCUT2D eigenvalue weighted by Crippen LogP contribution is -2.17. The third-order valence-electron chi connectivity index (χ3n) is 1.99. The van der Waals surface area contributed by atoms with Gasteiger partial charge in [0.15, 0.2) is 0 Å². The van der Waals surface area contributed by atoms with Gasteiger partial charge in [0.05, 0.1) is 0 Å². The third-order valence-corrected chi connectivity index (χ3v) is 1.99. The zero-order chi connectivity index (χ0) is 12.4. The quantitative estimate of drug-likeness (QED) is 0.844. The Morgan fingerprint density at radius 1 is 1.12 bits per heavy atom. The standard InChI is InChI=1S/C10H6F3N3O/c11-5-1-3-6(4-2-5)14-8-7(12)10(17)16-15-9(8)13/h1-4H,(H2,14,16,17). The van der Waals surface area contributed by atoms with Gasteiger partial charge in [-0.2, -0.15) is 8.78 Å². The fourth-order valence-corrected chi connectivity index (χ4v) is 1.19. The van der Waals surface area contributed by atoms with E-state index in [0.29, 0.717) is 0 Å². The van der Waals surface area contributed by atoms with Gasteiger partial charge in [-0.15, -0.1) is 5.10 Å². The second kappa shape index (κ2) is 4.28. The summed E-state index contributed by atoms with van der Waals surface area (Å²) < 4.78 is 39.0. The van der Waals surface area contributed by atoms with Crippen molar-refractivity contribution in [3.63, 3.8) is 0 Å². The summed E-state index contributed by atoms with van der Waals surface area (Å²) in [5.41, 5.74) is -1.59. The minimum absolute atomic E-state index is 0.233. The van der Waals surface area contributed by atoms with Crippen molar-refractivity contribution < 1.29 is 13.2 Å². The second-order valence-corrected chi connectivity index (χ2v) is 3.16. The van der Waals surface area contributed by atoms with Crippen LogP contribution in [0.5, 0.6) is 0 Å². The Bertz CT molecular complexity index is 595. The van der Waals surface area contributed by atoms with Gasteiger partial charge in [-0.25, -0.2) is 9.49 Å². The van der Waals surface area contributed by atoms with E-state index in [0.717, 1.165) is 12.1 Å². The molecule has 0 unspecified atom stereocenters. The summed E-state index contributed by atoms with van der Waals surface area (Å²) in [5, 5.41) is 6.93. The topological polar surface area (TPSA) is 57.8 Å². The minimum Gasteiger partial charge on any atom is -0.349 e. The molecule has 0 saturated heterocycles. The summed E-state index contributed by atoms with van der Waals surface area (Å²) in [6.07, 6.45) is 0. The number of hydrogen-bond donors (Lipinski definition) is 2. The summed E-state index contributed by atoms with van der Waals surface area (Å²) in [6.45, 7) is 0. The van der Waals surface area contributed by atoms with Gasteiger partial charge < -0.3 is 5.32 Å². The summed E-state index contributed by atoms with van der Waals surface area (Å²) in [4.78, 5) is 10.9. The van der Waals surface area contributed by atoms with Crippen molar-refractivity contribution in [2.24, 2.45) is 0 Å². The molecule has 7 heteroatoms. The van der Waals surface area contributed by atoms with Crippen LogP contribution in [-0.4, -0.2) is 10.2 Å². The van der Waals surface area contributed by atoms with Crippen LogP contribution < -0.4 is 10.9 Å². The molecule has 2 N–H and O–H groups in total. The lowest BCUT2D eigenvalue weighted by molar-refractivity contribution is 0.527. The van der Waals surface area contributed by atoms with Crippen LogP contribution in [0.2, 0.25) is 0 Å². The van der Waals surface area contributed by atoms with Crippen molar-refractivity contribution in [1.82, 2.24) is 10.2 Å². The molecule has 4 nitrogen and oxygen atoms in total. The smallest absolute Gasteiger partial charge is 0.302 e. The fraction of sp³-hybridized carbons (Fsp3) is 0. The van der Waals surface area contributed by atoms with Gasteiger partial charge >= 0.3 is 5.56 Å². The molecule has 0 atom stereocenters. The van der Waals surface area contributed by atoms with E-state index in [-0.39, 0.29) is 5.69 Å². The first kappa shape index (κ1) is 11.2. The molecule has 1 aromatic heterocycles. The highest BCUT2D eigenvalue weighted by Gasteiger charge is 2.14. The van der Waals surface area contributed by atoms with E-state index in [1.165, 1.54) is 12.1 Å². The molecule has 2 aromatic rings. The monoisotopic (exact) mass is 241 g/mol. The first-order chi connectivity index (χ1) is 8.08. The first-order valence-electron chi connectivity index (χ1n) is 4.54. The Morgan fingerprint density at radius 2 is 1.76 bits per heavy atom. The Hall–Kier alpha value is -2.31. The average molecular weight is 241 g/mol. The van der Waals surface area contributed by atoms with E-state index in [1.807, 2.05) is 0 Å². The van der Waals surface area contributed by atoms with Crippen molar-refractivity contribution >= 4 is 11.4 Å². The maximum Gasteiger partial charge on any atom is 0.302 e. The highest BCUT2D eigenvalue weighted by Crippen LogP contribution is 2.19. The first-order valence-corrected chi connectivity index (χ1v) is 4.54. The number of aromatic nitrogens is 2. The zero-order valence-electron chi connectivity index (χ0n) is 8.30. The minimum atomic E-state index is -1.32. The van der Waals surface area contributed by atoms with Crippen LogP contribution in [-0.2, 0) is 0 Å². The summed E-state index contributed by atoms with van der Waals surface area (Å²) in [6, 6.07) is 4.77. The number of nitrogens with one attached hydrogen (secondary N) is 2. The molecule has 2 rings (SSSR count). The average Bonchev–Trinajstić information content (AvgIpc) is 2.32. The number of rotatable bonds is 2. The maximum absolute atomic E-state index is 13.3. The van der Waals surface area contributed by atoms with E-state index >= 15 is 0 Å². The molecule has 0 aliphatic carbocycles. The van der Waals surface area contributed by atoms with Crippen LogP contribution in [0.25, 0.3) is 0 Å². The van der Waals surface area contributed by atoms with Gasteiger partial charge in [0, 0.05) is 5.69 Å². The van der Waals surface area contributed by atoms with Crippen molar-refractivity contribution in [2.45, 2.75) is 0 Å². The van der Waals surface area contributed by atoms with Crippen LogP contribution in [0.1, 0.15) is 0 Å². The van der Waals surface area contributed by atoms with E-state index in [1.54, 1.807) is 5.10 Å². The van der Waals surface area contributed by atoms with E-state index in [2.05, 4.69) is 10.4 Å². The summed E-state index contributed by atoms with van der Waals surface area (Å²) in [7, 11) is 0. The summed E-state index contributed by atoms with van der Waals surface area (Å²) >= 11 is 0. The predicted molar refractivity (Wildman–Crippen MR) is 54.5 cm³/mol. The largest absolute Gasteiger partial charge is 0.349 e. The lowest BCUT2D eigenvalue weighted by Gasteiger charge is -2.06. The highest BCUT2D eigenvalue weighted by atomic mass is 19.1. The number of benzene rings is 1. The van der Waals surface area contributed by atoms with E-state index in [9.17, 15) is 18.0 Å². The second-order valence-electron chi connectivity index (χ2n) is 3.16. The van der Waals surface area contributed by atoms with E-state index < -0.39 is 28.8 Å². The molecule has 88 valence electrons. The Labute approximate surface area is 93.1 Å². The predicted octanol–water partition coefficient (Wildman–Crippen LogP) is 1.93. The third kappa shape index (κ3) is 2.27. The molecule has 0 aliphatic rings. The normalized spacial score (nSPS) is 10.3. The molecule has 1 aromatic carbocycles. The van der Waals surface area contributed by atoms with Crippen LogP contribution in [0.3, 0.4) is 0 Å². The van der Waals surface area contributed by atoms with E-state index in [4.69, 9.17) is 0 Å². The number of H-pyrrole nitrogens is 1. The molecule has 0 fully saturated rings. The van der Waals surface area contributed by atoms with Crippen molar-refractivity contribution in [1.29, 1.82) is 0 Å². The lowest BCUT2D eigenvalue weighted by atomic mass is 10.3. The maximum atomic E-state index is 13.3. The number of hydrogen-bond acceptors (Lipinski definition) is 3. The van der Waals surface area contributed by atoms with Crippen LogP contribution in [0, 0.1) is 17.6 Å². The Balaban J connectivity index is 2.39. The SMILES string of the molecule is O=c1[nH]nc(F)c(Nc2ccc(F)cc2)c1F. The van der Waals surface area contributed by atoms with Gasteiger partial charge in [-0.1, -0.05) is 0 Å². The van der Waals surface area contributed by atoms with Crippen molar-refractivity contribution in [3.05, 3.63) is 52.2 Å². The van der Waals surface area contributed by atoms with Crippen LogP contribution in [0.4, 0.5) is 24.5 Å². The number of anilines is 2. The number of halogens is 3.